The third kappa shape index (κ3) is 4.51. The van der Waals surface area contributed by atoms with E-state index in [0.29, 0.717) is 45.7 Å². The van der Waals surface area contributed by atoms with Gasteiger partial charge in [0.2, 0.25) is 0 Å². The van der Waals surface area contributed by atoms with Gasteiger partial charge in [-0.2, -0.15) is 5.10 Å². The first-order valence-electron chi connectivity index (χ1n) is 11.4. The van der Waals surface area contributed by atoms with Gasteiger partial charge >= 0.3 is 0 Å². The second-order valence-electron chi connectivity index (χ2n) is 8.94. The zero-order valence-corrected chi connectivity index (χ0v) is 20.5. The van der Waals surface area contributed by atoms with Crippen LogP contribution in [0.2, 0.25) is 0 Å². The molecule has 1 aliphatic heterocycles. The van der Waals surface area contributed by atoms with E-state index in [2.05, 4.69) is 10.4 Å². The zero-order valence-electron chi connectivity index (χ0n) is 19.7. The lowest BCUT2D eigenvalue weighted by Crippen LogP contribution is -2.15. The number of hydrogen-bond acceptors (Lipinski definition) is 6. The van der Waals surface area contributed by atoms with Crippen molar-refractivity contribution in [3.05, 3.63) is 77.2 Å². The fourth-order valence-corrected chi connectivity index (χ4v) is 6.19. The maximum Gasteiger partial charge on any atom is 0.256 e. The second kappa shape index (κ2) is 8.94. The van der Waals surface area contributed by atoms with Crippen LogP contribution < -0.4 is 5.32 Å². The number of carbonyl (C=O) groups is 2. The zero-order chi connectivity index (χ0) is 25.6. The number of sulfone groups is 1. The van der Waals surface area contributed by atoms with Gasteiger partial charge in [-0.3, -0.25) is 9.59 Å². The number of Topliss-reactive ketones (excluding diaryl/α,β-unsaturated/α-hetero) is 1. The van der Waals surface area contributed by atoms with Crippen LogP contribution in [-0.2, 0) is 9.84 Å². The minimum absolute atomic E-state index is 0.0506. The molecule has 0 aliphatic carbocycles. The molecule has 0 bridgehead atoms. The number of pyridine rings is 1. The molecule has 1 aliphatic rings. The number of carbonyl (C=O) groups excluding carboxylic acids is 2. The standard InChI is InChI=1S/C26H23FN4O4S/c1-15-24-22(26(33)28-20-5-3-4-18(12-20)16(2)32)13-23(17-6-8-19(27)9-7-17)29-25(24)31(30-15)21-10-11-36(34,35)14-21/h3-9,12-13,21H,10-11,14H2,1-2H3,(H,28,33). The Hall–Kier alpha value is -3.92. The summed E-state index contributed by atoms with van der Waals surface area (Å²) in [6.07, 6.45) is 0.403. The van der Waals surface area contributed by atoms with Crippen molar-refractivity contribution in [2.24, 2.45) is 0 Å². The van der Waals surface area contributed by atoms with Crippen molar-refractivity contribution in [3.63, 3.8) is 0 Å². The molecule has 4 aromatic rings. The van der Waals surface area contributed by atoms with E-state index in [1.165, 1.54) is 19.1 Å². The van der Waals surface area contributed by atoms with E-state index in [1.54, 1.807) is 54.1 Å². The highest BCUT2D eigenvalue weighted by molar-refractivity contribution is 7.91. The Morgan fingerprint density at radius 2 is 1.86 bits per heavy atom. The lowest BCUT2D eigenvalue weighted by atomic mass is 10.0. The predicted molar refractivity (Wildman–Crippen MR) is 134 cm³/mol. The maximum absolute atomic E-state index is 13.6. The Kier molecular flexibility index (Phi) is 5.91. The highest BCUT2D eigenvalue weighted by Crippen LogP contribution is 2.32. The van der Waals surface area contributed by atoms with E-state index < -0.39 is 27.6 Å². The molecule has 0 radical (unpaired) electrons. The van der Waals surface area contributed by atoms with Gasteiger partial charge in [0.25, 0.3) is 5.91 Å². The number of ketones is 1. The lowest BCUT2D eigenvalue weighted by molar-refractivity contribution is 0.101. The summed E-state index contributed by atoms with van der Waals surface area (Å²) in [7, 11) is -3.19. The van der Waals surface area contributed by atoms with Crippen molar-refractivity contribution >= 4 is 38.2 Å². The number of nitrogens with zero attached hydrogens (tertiary/aromatic N) is 3. The van der Waals surface area contributed by atoms with Crippen LogP contribution >= 0.6 is 0 Å². The van der Waals surface area contributed by atoms with E-state index >= 15 is 0 Å². The molecular weight excluding hydrogens is 483 g/mol. The molecule has 3 heterocycles. The summed E-state index contributed by atoms with van der Waals surface area (Å²) in [4.78, 5) is 30.0. The largest absolute Gasteiger partial charge is 0.322 e. The maximum atomic E-state index is 13.6. The first-order chi connectivity index (χ1) is 17.1. The van der Waals surface area contributed by atoms with Gasteiger partial charge in [-0.05, 0) is 62.7 Å². The van der Waals surface area contributed by atoms with Crippen molar-refractivity contribution in [3.8, 4) is 11.3 Å². The van der Waals surface area contributed by atoms with Crippen LogP contribution in [0, 0.1) is 12.7 Å². The molecule has 2 aromatic carbocycles. The number of aryl methyl sites for hydroxylation is 1. The van der Waals surface area contributed by atoms with E-state index in [0.717, 1.165) is 0 Å². The molecule has 1 unspecified atom stereocenters. The molecule has 5 rings (SSSR count). The van der Waals surface area contributed by atoms with E-state index in [-0.39, 0.29) is 22.9 Å². The molecule has 8 nitrogen and oxygen atoms in total. The van der Waals surface area contributed by atoms with Crippen LogP contribution in [0.3, 0.4) is 0 Å². The Morgan fingerprint density at radius 1 is 1.11 bits per heavy atom. The van der Waals surface area contributed by atoms with Crippen molar-refractivity contribution in [2.45, 2.75) is 26.3 Å². The van der Waals surface area contributed by atoms with Gasteiger partial charge in [-0.25, -0.2) is 22.5 Å². The van der Waals surface area contributed by atoms with Gasteiger partial charge in [0.1, 0.15) is 5.82 Å². The van der Waals surface area contributed by atoms with Gasteiger partial charge in [-0.1, -0.05) is 12.1 Å². The Labute approximate surface area is 207 Å². The number of aromatic nitrogens is 3. The van der Waals surface area contributed by atoms with Gasteiger partial charge < -0.3 is 5.32 Å². The number of rotatable bonds is 5. The molecule has 10 heteroatoms. The summed E-state index contributed by atoms with van der Waals surface area (Å²) in [5.41, 5.74) is 3.15. The molecule has 1 N–H and O–H groups in total. The van der Waals surface area contributed by atoms with Crippen LogP contribution in [-0.4, -0.2) is 46.4 Å². The second-order valence-corrected chi connectivity index (χ2v) is 11.2. The SMILES string of the molecule is CC(=O)c1cccc(NC(=O)c2cc(-c3ccc(F)cc3)nc3c2c(C)nn3C2CCS(=O)(=O)C2)c1. The molecule has 1 saturated heterocycles. The topological polar surface area (TPSA) is 111 Å². The van der Waals surface area contributed by atoms with Crippen LogP contribution in [0.5, 0.6) is 0 Å². The average molecular weight is 507 g/mol. The third-order valence-electron chi connectivity index (χ3n) is 6.30. The van der Waals surface area contributed by atoms with Gasteiger partial charge in [0.05, 0.1) is 39.9 Å². The lowest BCUT2D eigenvalue weighted by Gasteiger charge is -2.13. The summed E-state index contributed by atoms with van der Waals surface area (Å²) in [5.74, 6) is -0.950. The highest BCUT2D eigenvalue weighted by atomic mass is 32.2. The molecule has 0 spiro atoms. The smallest absolute Gasteiger partial charge is 0.256 e. The molecular formula is C26H23FN4O4S. The first-order valence-corrected chi connectivity index (χ1v) is 13.2. The molecule has 184 valence electrons. The van der Waals surface area contributed by atoms with Crippen molar-refractivity contribution in [1.82, 2.24) is 14.8 Å². The van der Waals surface area contributed by atoms with Gasteiger partial charge in [-0.15, -0.1) is 0 Å². The van der Waals surface area contributed by atoms with Crippen LogP contribution in [0.15, 0.2) is 54.6 Å². The number of halogens is 1. The minimum atomic E-state index is -3.19. The van der Waals surface area contributed by atoms with Crippen molar-refractivity contribution in [2.75, 3.05) is 16.8 Å². The summed E-state index contributed by atoms with van der Waals surface area (Å²) in [6.45, 7) is 3.19. The fraction of sp³-hybridized carbons (Fsp3) is 0.231. The van der Waals surface area contributed by atoms with Gasteiger partial charge in [0.15, 0.2) is 21.3 Å². The number of fused-ring (bicyclic) bond motifs is 1. The molecule has 1 amide bonds. The summed E-state index contributed by atoms with van der Waals surface area (Å²) < 4.78 is 39.4. The van der Waals surface area contributed by atoms with E-state index in [1.807, 2.05) is 0 Å². The van der Waals surface area contributed by atoms with Crippen LogP contribution in [0.4, 0.5) is 10.1 Å². The van der Waals surface area contributed by atoms with Crippen LogP contribution in [0.25, 0.3) is 22.3 Å². The number of benzene rings is 2. The predicted octanol–water partition coefficient (Wildman–Crippen LogP) is 4.36. The fourth-order valence-electron chi connectivity index (χ4n) is 4.50. The summed E-state index contributed by atoms with van der Waals surface area (Å²) >= 11 is 0. The highest BCUT2D eigenvalue weighted by Gasteiger charge is 2.32. The number of nitrogens with one attached hydrogen (secondary N) is 1. The minimum Gasteiger partial charge on any atom is -0.322 e. The van der Waals surface area contributed by atoms with E-state index in [4.69, 9.17) is 4.98 Å². The van der Waals surface area contributed by atoms with Crippen molar-refractivity contribution in [1.29, 1.82) is 0 Å². The molecule has 2 aromatic heterocycles. The summed E-state index contributed by atoms with van der Waals surface area (Å²) in [5, 5.41) is 7.92. The van der Waals surface area contributed by atoms with Crippen molar-refractivity contribution < 1.29 is 22.4 Å². The Balaban J connectivity index is 1.66. The normalized spacial score (nSPS) is 16.8. The average Bonchev–Trinajstić information content (AvgIpc) is 3.37. The Morgan fingerprint density at radius 3 is 2.53 bits per heavy atom. The third-order valence-corrected chi connectivity index (χ3v) is 8.05. The Bertz CT molecular complexity index is 1630. The first kappa shape index (κ1) is 23.8. The summed E-state index contributed by atoms with van der Waals surface area (Å²) in [6, 6.07) is 13.6. The molecule has 0 saturated carbocycles. The van der Waals surface area contributed by atoms with Gasteiger partial charge in [0, 0.05) is 16.8 Å². The number of hydrogen-bond donors (Lipinski definition) is 1. The molecule has 36 heavy (non-hydrogen) atoms. The monoisotopic (exact) mass is 506 g/mol. The number of anilines is 1. The van der Waals surface area contributed by atoms with E-state index in [9.17, 15) is 22.4 Å². The number of amides is 1. The molecule has 1 fully saturated rings. The molecule has 1 atom stereocenters. The van der Waals surface area contributed by atoms with Crippen LogP contribution in [0.1, 0.15) is 45.8 Å². The quantitative estimate of drug-likeness (QED) is 0.403.